The van der Waals surface area contributed by atoms with Gasteiger partial charge in [-0.15, -0.1) is 0 Å². The number of amides is 1. The van der Waals surface area contributed by atoms with Crippen molar-refractivity contribution >= 4 is 24.0 Å². The Morgan fingerprint density at radius 3 is 2.50 bits per heavy atom. The Bertz CT molecular complexity index is 159. The van der Waals surface area contributed by atoms with Crippen molar-refractivity contribution in [2.75, 3.05) is 19.8 Å². The van der Waals surface area contributed by atoms with Crippen molar-refractivity contribution in [3.63, 3.8) is 0 Å². The molecule has 0 saturated carbocycles. The first-order valence-electron chi connectivity index (χ1n) is 3.88. The third-order valence-electron chi connectivity index (χ3n) is 1.41. The average molecular weight is 189 g/mol. The highest BCUT2D eigenvalue weighted by molar-refractivity contribution is 8.00. The Morgan fingerprint density at radius 2 is 2.17 bits per heavy atom. The molecule has 4 heteroatoms. The van der Waals surface area contributed by atoms with Gasteiger partial charge in [-0.1, -0.05) is 6.92 Å². The van der Waals surface area contributed by atoms with Crippen LogP contribution in [0.3, 0.4) is 0 Å². The highest BCUT2D eigenvalue weighted by Gasteiger charge is 2.13. The summed E-state index contributed by atoms with van der Waals surface area (Å²) in [6.07, 6.45) is 1.16. The fraction of sp³-hybridized carbons (Fsp3) is 0.750. The predicted molar refractivity (Wildman–Crippen MR) is 51.3 cm³/mol. The topological polar surface area (TPSA) is 37.4 Å². The minimum atomic E-state index is -0.176. The molecule has 0 rings (SSSR count). The first-order valence-corrected chi connectivity index (χ1v) is 4.93. The lowest BCUT2D eigenvalue weighted by atomic mass is 10.3. The Balaban J connectivity index is 3.85. The molecule has 0 bridgehead atoms. The second-order valence-corrected chi connectivity index (χ2v) is 4.14. The molecule has 0 aromatic carbocycles. The molecule has 0 heterocycles. The lowest BCUT2D eigenvalue weighted by Crippen LogP contribution is -2.25. The number of thioether (sulfide) groups is 1. The Morgan fingerprint density at radius 1 is 1.58 bits per heavy atom. The molecule has 0 aromatic rings. The lowest BCUT2D eigenvalue weighted by molar-refractivity contribution is -0.129. The Kier molecular flexibility index (Phi) is 5.80. The summed E-state index contributed by atoms with van der Waals surface area (Å²) in [4.78, 5) is 23.1. The van der Waals surface area contributed by atoms with Crippen molar-refractivity contribution in [1.29, 1.82) is 0 Å². The van der Waals surface area contributed by atoms with Crippen LogP contribution in [0.1, 0.15) is 13.3 Å². The molecule has 0 saturated heterocycles. The van der Waals surface area contributed by atoms with Gasteiger partial charge in [0.15, 0.2) is 0 Å². The van der Waals surface area contributed by atoms with E-state index < -0.39 is 0 Å². The van der Waals surface area contributed by atoms with E-state index in [9.17, 15) is 9.59 Å². The van der Waals surface area contributed by atoms with Crippen molar-refractivity contribution in [3.05, 3.63) is 0 Å². The molecule has 70 valence electrons. The Labute approximate surface area is 77.5 Å². The molecule has 0 aromatic heterocycles. The van der Waals surface area contributed by atoms with Gasteiger partial charge in [0.2, 0.25) is 5.91 Å². The minimum absolute atomic E-state index is 0.00745. The van der Waals surface area contributed by atoms with E-state index in [1.54, 1.807) is 14.1 Å². The van der Waals surface area contributed by atoms with Crippen LogP contribution in [0.5, 0.6) is 0 Å². The van der Waals surface area contributed by atoms with Crippen LogP contribution < -0.4 is 0 Å². The molecule has 0 aliphatic carbocycles. The van der Waals surface area contributed by atoms with Gasteiger partial charge in [-0.2, -0.15) is 11.8 Å². The highest BCUT2D eigenvalue weighted by atomic mass is 32.2. The summed E-state index contributed by atoms with van der Waals surface area (Å²) in [5.41, 5.74) is 0. The van der Waals surface area contributed by atoms with Crippen molar-refractivity contribution in [2.24, 2.45) is 0 Å². The molecule has 1 atom stereocenters. The third-order valence-corrected chi connectivity index (χ3v) is 2.45. The van der Waals surface area contributed by atoms with Gasteiger partial charge in [0.05, 0.1) is 5.25 Å². The molecule has 0 fully saturated rings. The van der Waals surface area contributed by atoms with Crippen molar-refractivity contribution < 1.29 is 9.59 Å². The minimum Gasteiger partial charge on any atom is -0.349 e. The van der Waals surface area contributed by atoms with Gasteiger partial charge in [0, 0.05) is 20.5 Å². The summed E-state index contributed by atoms with van der Waals surface area (Å²) in [6, 6.07) is 0. The Hall–Kier alpha value is -0.510. The van der Waals surface area contributed by atoms with Crippen LogP contribution in [0.15, 0.2) is 0 Å². The standard InChI is InChI=1S/C8H15NO2S/c1-4-12-7(6-10)5-8(11)9(2)3/h6-7H,4-5H2,1-3H3. The first-order chi connectivity index (χ1) is 5.61. The van der Waals surface area contributed by atoms with Gasteiger partial charge in [-0.25, -0.2) is 0 Å². The van der Waals surface area contributed by atoms with Gasteiger partial charge in [-0.3, -0.25) is 4.79 Å². The molecular weight excluding hydrogens is 174 g/mol. The van der Waals surface area contributed by atoms with Crippen LogP contribution in [-0.4, -0.2) is 42.2 Å². The third kappa shape index (κ3) is 4.38. The zero-order valence-electron chi connectivity index (χ0n) is 7.74. The molecule has 0 aliphatic rings. The number of carbonyl (C=O) groups is 2. The summed E-state index contributed by atoms with van der Waals surface area (Å²) >= 11 is 1.51. The highest BCUT2D eigenvalue weighted by Crippen LogP contribution is 2.12. The van der Waals surface area contributed by atoms with E-state index in [1.807, 2.05) is 6.92 Å². The maximum Gasteiger partial charge on any atom is 0.223 e. The summed E-state index contributed by atoms with van der Waals surface area (Å²) in [5, 5.41) is -0.176. The zero-order valence-corrected chi connectivity index (χ0v) is 8.56. The summed E-state index contributed by atoms with van der Waals surface area (Å²) in [5.74, 6) is 0.873. The molecule has 1 unspecified atom stereocenters. The second kappa shape index (κ2) is 6.06. The quantitative estimate of drug-likeness (QED) is 0.600. The van der Waals surface area contributed by atoms with Crippen LogP contribution in [0.4, 0.5) is 0 Å². The van der Waals surface area contributed by atoms with E-state index in [2.05, 4.69) is 0 Å². The molecule has 12 heavy (non-hydrogen) atoms. The van der Waals surface area contributed by atoms with E-state index in [0.29, 0.717) is 6.42 Å². The van der Waals surface area contributed by atoms with Crippen LogP contribution in [0.25, 0.3) is 0 Å². The van der Waals surface area contributed by atoms with Crippen molar-refractivity contribution in [3.8, 4) is 0 Å². The number of hydrogen-bond donors (Lipinski definition) is 0. The molecule has 0 aliphatic heterocycles. The number of nitrogens with zero attached hydrogens (tertiary/aromatic N) is 1. The normalized spacial score (nSPS) is 12.2. The molecule has 0 radical (unpaired) electrons. The maximum atomic E-state index is 11.1. The zero-order chi connectivity index (χ0) is 9.56. The molecule has 0 N–H and O–H groups in total. The van der Waals surface area contributed by atoms with Gasteiger partial charge in [0.1, 0.15) is 6.29 Å². The van der Waals surface area contributed by atoms with Crippen molar-refractivity contribution in [1.82, 2.24) is 4.90 Å². The van der Waals surface area contributed by atoms with E-state index in [1.165, 1.54) is 16.7 Å². The van der Waals surface area contributed by atoms with Crippen LogP contribution in [0, 0.1) is 0 Å². The fourth-order valence-corrected chi connectivity index (χ4v) is 1.48. The van der Waals surface area contributed by atoms with E-state index in [0.717, 1.165) is 12.0 Å². The van der Waals surface area contributed by atoms with Crippen LogP contribution in [-0.2, 0) is 9.59 Å². The first kappa shape index (κ1) is 11.5. The van der Waals surface area contributed by atoms with Gasteiger partial charge < -0.3 is 9.69 Å². The van der Waals surface area contributed by atoms with Crippen molar-refractivity contribution in [2.45, 2.75) is 18.6 Å². The maximum absolute atomic E-state index is 11.1. The SMILES string of the molecule is CCSC(C=O)CC(=O)N(C)C. The molecule has 3 nitrogen and oxygen atoms in total. The fourth-order valence-electron chi connectivity index (χ4n) is 0.715. The van der Waals surface area contributed by atoms with E-state index in [-0.39, 0.29) is 11.2 Å². The number of carbonyl (C=O) groups excluding carboxylic acids is 2. The molecule has 0 spiro atoms. The van der Waals surface area contributed by atoms with E-state index >= 15 is 0 Å². The monoisotopic (exact) mass is 189 g/mol. The molecule has 1 amide bonds. The van der Waals surface area contributed by atoms with E-state index in [4.69, 9.17) is 0 Å². The number of aldehydes is 1. The van der Waals surface area contributed by atoms with Gasteiger partial charge in [-0.05, 0) is 5.75 Å². The average Bonchev–Trinajstić information content (AvgIpc) is 2.03. The largest absolute Gasteiger partial charge is 0.349 e. The van der Waals surface area contributed by atoms with Crippen LogP contribution >= 0.6 is 11.8 Å². The lowest BCUT2D eigenvalue weighted by Gasteiger charge is -2.12. The van der Waals surface area contributed by atoms with Crippen LogP contribution in [0.2, 0.25) is 0 Å². The summed E-state index contributed by atoms with van der Waals surface area (Å²) in [7, 11) is 3.39. The molecular formula is C8H15NO2S. The predicted octanol–water partition coefficient (Wildman–Crippen LogP) is 0.785. The number of hydrogen-bond acceptors (Lipinski definition) is 3. The smallest absolute Gasteiger partial charge is 0.223 e. The van der Waals surface area contributed by atoms with Gasteiger partial charge in [0.25, 0.3) is 0 Å². The summed E-state index contributed by atoms with van der Waals surface area (Å²) < 4.78 is 0. The second-order valence-electron chi connectivity index (χ2n) is 2.62. The van der Waals surface area contributed by atoms with Gasteiger partial charge >= 0.3 is 0 Å². The number of rotatable bonds is 5. The summed E-state index contributed by atoms with van der Waals surface area (Å²) in [6.45, 7) is 1.97.